The Bertz CT molecular complexity index is 2620. The average molecular weight is 729 g/mol. The number of rotatable bonds is 2. The number of pyridine rings is 2. The van der Waals surface area contributed by atoms with Crippen molar-refractivity contribution in [1.82, 2.24) is 9.97 Å². The van der Waals surface area contributed by atoms with Crippen molar-refractivity contribution in [1.29, 1.82) is 0 Å². The molecule has 2 heterocycles. The number of aromatic nitrogens is 2. The lowest BCUT2D eigenvalue weighted by Gasteiger charge is -2.03. The fourth-order valence-electron chi connectivity index (χ4n) is 5.33. The van der Waals surface area contributed by atoms with Crippen molar-refractivity contribution in [2.24, 2.45) is 0 Å². The van der Waals surface area contributed by atoms with E-state index in [-0.39, 0.29) is 10.2 Å². The zero-order chi connectivity index (χ0) is 37.3. The molecule has 7 rings (SSSR count). The standard InChI is InChI=1S/C48H28N2O2S2/c1-33(51)53-45-25-19-39(20-26-45)13-11-35-3-7-37(8-4-35)15-17-41-29-43-23-24-44-30-42(32-50-48(44)47(43)49-31-41)18-16-38-9-5-36(6-10-38)12-14-40-21-27-46(28-22-40)54-34(2)52/h3-10,19-32H,1-2H3. The fraction of sp³-hybridized carbons (Fsp3) is 0.0417. The lowest BCUT2D eigenvalue weighted by molar-refractivity contribution is -0.109. The molecule has 5 aromatic carbocycles. The maximum Gasteiger partial charge on any atom is 0.190 e. The molecule has 7 aromatic rings. The quantitative estimate of drug-likeness (QED) is 0.100. The first-order valence-electron chi connectivity index (χ1n) is 16.9. The lowest BCUT2D eigenvalue weighted by Crippen LogP contribution is -1.88. The molecule has 0 fully saturated rings. The van der Waals surface area contributed by atoms with Gasteiger partial charge in [0.1, 0.15) is 0 Å². The molecule has 0 bridgehead atoms. The van der Waals surface area contributed by atoms with Crippen LogP contribution >= 0.6 is 23.5 Å². The Hall–Kier alpha value is -6.80. The van der Waals surface area contributed by atoms with Crippen molar-refractivity contribution in [2.45, 2.75) is 23.6 Å². The van der Waals surface area contributed by atoms with Gasteiger partial charge in [-0.25, -0.2) is 0 Å². The minimum atomic E-state index is 0.0622. The number of thioether (sulfide) groups is 2. The van der Waals surface area contributed by atoms with E-state index >= 15 is 0 Å². The van der Waals surface area contributed by atoms with Gasteiger partial charge < -0.3 is 0 Å². The first-order valence-corrected chi connectivity index (χ1v) is 18.5. The van der Waals surface area contributed by atoms with Gasteiger partial charge in [-0.1, -0.05) is 83.0 Å². The van der Waals surface area contributed by atoms with Gasteiger partial charge in [0.25, 0.3) is 0 Å². The Kier molecular flexibility index (Phi) is 11.0. The van der Waals surface area contributed by atoms with E-state index in [1.54, 1.807) is 26.2 Å². The van der Waals surface area contributed by atoms with Crippen LogP contribution in [0.25, 0.3) is 21.8 Å². The van der Waals surface area contributed by atoms with E-state index < -0.39 is 0 Å². The van der Waals surface area contributed by atoms with Gasteiger partial charge in [0, 0.05) is 91.3 Å². The SMILES string of the molecule is CC(=O)Sc1ccc(C#Cc2ccc(C#Cc3cnc4c(ccc5cc(C#Cc6ccc(C#Cc7ccc(SC(C)=O)cc7)cc6)cnc54)c3)cc2)cc1. The summed E-state index contributed by atoms with van der Waals surface area (Å²) in [5.74, 6) is 25.6. The molecule has 0 saturated heterocycles. The van der Waals surface area contributed by atoms with Crippen molar-refractivity contribution in [2.75, 3.05) is 0 Å². The molecule has 0 aliphatic heterocycles. The number of benzene rings is 5. The third-order valence-electron chi connectivity index (χ3n) is 7.91. The van der Waals surface area contributed by atoms with E-state index in [9.17, 15) is 9.59 Å². The van der Waals surface area contributed by atoms with Crippen molar-refractivity contribution < 1.29 is 9.59 Å². The lowest BCUT2D eigenvalue weighted by atomic mass is 10.1. The summed E-state index contributed by atoms with van der Waals surface area (Å²) in [5, 5.41) is 2.05. The molecule has 4 nitrogen and oxygen atoms in total. The van der Waals surface area contributed by atoms with Crippen LogP contribution in [0, 0.1) is 47.4 Å². The van der Waals surface area contributed by atoms with Crippen molar-refractivity contribution >= 4 is 55.6 Å². The van der Waals surface area contributed by atoms with Crippen LogP contribution < -0.4 is 0 Å². The maximum atomic E-state index is 11.3. The molecule has 54 heavy (non-hydrogen) atoms. The van der Waals surface area contributed by atoms with Gasteiger partial charge in [-0.3, -0.25) is 19.6 Å². The van der Waals surface area contributed by atoms with Gasteiger partial charge >= 0.3 is 0 Å². The van der Waals surface area contributed by atoms with E-state index in [4.69, 9.17) is 9.97 Å². The fourth-order valence-corrected chi connectivity index (χ4v) is 6.53. The summed E-state index contributed by atoms with van der Waals surface area (Å²) in [6.45, 7) is 3.11. The molecule has 0 aliphatic carbocycles. The summed E-state index contributed by atoms with van der Waals surface area (Å²) in [5.41, 5.74) is 8.59. The normalized spacial score (nSPS) is 10.1. The molecular formula is C48H28N2O2S2. The van der Waals surface area contributed by atoms with E-state index in [1.807, 2.05) is 121 Å². The highest BCUT2D eigenvalue weighted by molar-refractivity contribution is 8.13. The summed E-state index contributed by atoms with van der Waals surface area (Å²) in [7, 11) is 0. The Morgan fingerprint density at radius 3 is 0.926 bits per heavy atom. The summed E-state index contributed by atoms with van der Waals surface area (Å²) in [6, 6.07) is 39.1. The van der Waals surface area contributed by atoms with Gasteiger partial charge in [0.15, 0.2) is 10.2 Å². The molecule has 2 aromatic heterocycles. The van der Waals surface area contributed by atoms with Gasteiger partial charge in [-0.15, -0.1) is 0 Å². The molecule has 0 unspecified atom stereocenters. The number of hydrogen-bond acceptors (Lipinski definition) is 6. The second-order valence-electron chi connectivity index (χ2n) is 12.0. The van der Waals surface area contributed by atoms with Crippen LogP contribution in [0.1, 0.15) is 58.4 Å². The molecule has 0 spiro atoms. The van der Waals surface area contributed by atoms with Crippen molar-refractivity contribution in [3.63, 3.8) is 0 Å². The largest absolute Gasteiger partial charge is 0.287 e. The van der Waals surface area contributed by atoms with Crippen LogP contribution in [0.4, 0.5) is 0 Å². The molecule has 0 saturated carbocycles. The van der Waals surface area contributed by atoms with E-state index in [0.717, 1.165) is 76.1 Å². The minimum Gasteiger partial charge on any atom is -0.287 e. The predicted molar refractivity (Wildman–Crippen MR) is 220 cm³/mol. The molecule has 0 atom stereocenters. The second-order valence-corrected chi connectivity index (χ2v) is 14.5. The van der Waals surface area contributed by atoms with Crippen LogP contribution in [-0.4, -0.2) is 20.2 Å². The Morgan fingerprint density at radius 2 is 0.648 bits per heavy atom. The Morgan fingerprint density at radius 1 is 0.389 bits per heavy atom. The van der Waals surface area contributed by atoms with Gasteiger partial charge in [0.2, 0.25) is 0 Å². The topological polar surface area (TPSA) is 59.9 Å². The first kappa shape index (κ1) is 35.6. The van der Waals surface area contributed by atoms with Crippen molar-refractivity contribution in [3.8, 4) is 47.4 Å². The molecule has 0 radical (unpaired) electrons. The first-order chi connectivity index (χ1) is 26.3. The number of carbonyl (C=O) groups is 2. The van der Waals surface area contributed by atoms with Crippen LogP contribution in [0.15, 0.2) is 144 Å². The zero-order valence-electron chi connectivity index (χ0n) is 29.2. The molecule has 0 amide bonds. The third kappa shape index (κ3) is 9.54. The highest BCUT2D eigenvalue weighted by Crippen LogP contribution is 2.24. The molecule has 0 aliphatic rings. The maximum absolute atomic E-state index is 11.3. The zero-order valence-corrected chi connectivity index (χ0v) is 30.9. The van der Waals surface area contributed by atoms with Crippen LogP contribution in [-0.2, 0) is 9.59 Å². The van der Waals surface area contributed by atoms with Crippen molar-refractivity contribution in [3.05, 3.63) is 178 Å². The summed E-state index contributed by atoms with van der Waals surface area (Å²) >= 11 is 2.42. The van der Waals surface area contributed by atoms with Gasteiger partial charge in [-0.2, -0.15) is 0 Å². The average Bonchev–Trinajstić information content (AvgIpc) is 3.19. The van der Waals surface area contributed by atoms with Crippen LogP contribution in [0.2, 0.25) is 0 Å². The van der Waals surface area contributed by atoms with Crippen LogP contribution in [0.5, 0.6) is 0 Å². The number of carbonyl (C=O) groups excluding carboxylic acids is 2. The summed E-state index contributed by atoms with van der Waals surface area (Å²) in [4.78, 5) is 33.8. The highest BCUT2D eigenvalue weighted by atomic mass is 32.2. The van der Waals surface area contributed by atoms with E-state index in [0.29, 0.717) is 0 Å². The molecule has 254 valence electrons. The van der Waals surface area contributed by atoms with Crippen LogP contribution in [0.3, 0.4) is 0 Å². The van der Waals surface area contributed by atoms with Gasteiger partial charge in [0.05, 0.1) is 11.0 Å². The number of nitrogens with zero attached hydrogens (tertiary/aromatic N) is 2. The summed E-state index contributed by atoms with van der Waals surface area (Å²) < 4.78 is 0. The smallest absolute Gasteiger partial charge is 0.190 e. The van der Waals surface area contributed by atoms with Gasteiger partial charge in [-0.05, 0) is 109 Å². The number of fused-ring (bicyclic) bond motifs is 3. The number of hydrogen-bond donors (Lipinski definition) is 0. The highest BCUT2D eigenvalue weighted by Gasteiger charge is 2.05. The molecule has 6 heteroatoms. The van der Waals surface area contributed by atoms with E-state index in [2.05, 4.69) is 47.4 Å². The second kappa shape index (κ2) is 16.7. The minimum absolute atomic E-state index is 0.0622. The molecule has 0 N–H and O–H groups in total. The Labute approximate surface area is 322 Å². The predicted octanol–water partition coefficient (Wildman–Crippen LogP) is 9.66. The third-order valence-corrected chi connectivity index (χ3v) is 9.50. The van der Waals surface area contributed by atoms with E-state index in [1.165, 1.54) is 23.5 Å². The molecular weight excluding hydrogens is 701 g/mol. The Balaban J connectivity index is 0.991. The monoisotopic (exact) mass is 728 g/mol. The summed E-state index contributed by atoms with van der Waals surface area (Å²) in [6.07, 6.45) is 3.56.